The molecule has 0 fully saturated rings. The first-order valence-electron chi connectivity index (χ1n) is 8.98. The van der Waals surface area contributed by atoms with Crippen molar-refractivity contribution in [3.05, 3.63) is 72.3 Å². The average molecular weight is 382 g/mol. The number of aromatic nitrogens is 2. The van der Waals surface area contributed by atoms with Crippen LogP contribution in [0.3, 0.4) is 0 Å². The lowest BCUT2D eigenvalue weighted by molar-refractivity contribution is -0.125. The molecule has 1 aliphatic rings. The fourth-order valence-corrected chi connectivity index (χ4v) is 2.83. The number of aliphatic hydroxyl groups is 1. The van der Waals surface area contributed by atoms with E-state index in [4.69, 9.17) is 4.74 Å². The summed E-state index contributed by atoms with van der Waals surface area (Å²) in [5.41, 5.74) is 1.24. The Morgan fingerprint density at radius 2 is 1.96 bits per heavy atom. The number of aliphatic hydroxyl groups excluding tert-OH is 1. The zero-order chi connectivity index (χ0) is 19.8. The minimum absolute atomic E-state index is 0.109. The van der Waals surface area contributed by atoms with E-state index in [0.717, 1.165) is 0 Å². The Labute approximate surface area is 162 Å². The highest BCUT2D eigenvalue weighted by Crippen LogP contribution is 2.16. The van der Waals surface area contributed by atoms with Crippen LogP contribution >= 0.6 is 0 Å². The minimum Gasteiger partial charge on any atom is -0.394 e. The largest absolute Gasteiger partial charge is 0.394 e. The first-order valence-corrected chi connectivity index (χ1v) is 8.98. The third kappa shape index (κ3) is 5.45. The maximum atomic E-state index is 12.3. The van der Waals surface area contributed by atoms with Crippen molar-refractivity contribution in [3.8, 4) is 0 Å². The number of carbonyl (C=O) groups excluding carboxylic acids is 2. The molecule has 1 aromatic heterocycles. The topological polar surface area (TPSA) is 113 Å². The SMILES string of the molecule is O=C(C[C@@H]1C=C[C@@H](NC(=O)c2ccccc2)[C@@H](CO)O1)NCc1ccncn1. The molecule has 3 rings (SSSR count). The third-order valence-electron chi connectivity index (χ3n) is 4.29. The van der Waals surface area contributed by atoms with Crippen LogP contribution in [0.1, 0.15) is 22.5 Å². The summed E-state index contributed by atoms with van der Waals surface area (Å²) in [6.45, 7) is 0.0279. The molecule has 8 nitrogen and oxygen atoms in total. The second kappa shape index (κ2) is 9.72. The molecule has 0 aliphatic carbocycles. The summed E-state index contributed by atoms with van der Waals surface area (Å²) in [5, 5.41) is 15.2. The van der Waals surface area contributed by atoms with Crippen LogP contribution in [-0.2, 0) is 16.1 Å². The van der Waals surface area contributed by atoms with Crippen LogP contribution in [0.2, 0.25) is 0 Å². The second-order valence-electron chi connectivity index (χ2n) is 6.33. The van der Waals surface area contributed by atoms with Gasteiger partial charge in [0, 0.05) is 11.8 Å². The second-order valence-corrected chi connectivity index (χ2v) is 6.33. The highest BCUT2D eigenvalue weighted by Gasteiger charge is 2.29. The van der Waals surface area contributed by atoms with Crippen LogP contribution in [0.4, 0.5) is 0 Å². The average Bonchev–Trinajstić information content (AvgIpc) is 2.74. The summed E-state index contributed by atoms with van der Waals surface area (Å²) in [6.07, 6.45) is 5.52. The molecular weight excluding hydrogens is 360 g/mol. The van der Waals surface area contributed by atoms with Gasteiger partial charge in [-0.05, 0) is 18.2 Å². The predicted molar refractivity (Wildman–Crippen MR) is 101 cm³/mol. The normalized spacial score (nSPS) is 21.1. The lowest BCUT2D eigenvalue weighted by Gasteiger charge is -2.31. The van der Waals surface area contributed by atoms with Gasteiger partial charge < -0.3 is 20.5 Å². The molecule has 0 spiro atoms. The van der Waals surface area contributed by atoms with Crippen LogP contribution in [0.15, 0.2) is 61.1 Å². The van der Waals surface area contributed by atoms with E-state index in [1.807, 2.05) is 6.07 Å². The molecule has 8 heteroatoms. The number of hydrogen-bond donors (Lipinski definition) is 3. The number of benzene rings is 1. The van der Waals surface area contributed by atoms with E-state index >= 15 is 0 Å². The van der Waals surface area contributed by atoms with Gasteiger partial charge in [-0.25, -0.2) is 9.97 Å². The number of ether oxygens (including phenoxy) is 1. The predicted octanol–water partition coefficient (Wildman–Crippen LogP) is 0.597. The van der Waals surface area contributed by atoms with Gasteiger partial charge in [0.05, 0.1) is 37.4 Å². The first-order chi connectivity index (χ1) is 13.7. The molecule has 3 N–H and O–H groups in total. The lowest BCUT2D eigenvalue weighted by atomic mass is 10.0. The van der Waals surface area contributed by atoms with Crippen LogP contribution < -0.4 is 10.6 Å². The maximum absolute atomic E-state index is 12.3. The zero-order valence-corrected chi connectivity index (χ0v) is 15.2. The Morgan fingerprint density at radius 1 is 1.14 bits per heavy atom. The van der Waals surface area contributed by atoms with Gasteiger partial charge in [0.2, 0.25) is 5.91 Å². The molecule has 0 unspecified atom stereocenters. The molecule has 28 heavy (non-hydrogen) atoms. The van der Waals surface area contributed by atoms with Gasteiger partial charge in [0.15, 0.2) is 0 Å². The van der Waals surface area contributed by atoms with Crippen molar-refractivity contribution in [1.82, 2.24) is 20.6 Å². The summed E-state index contributed by atoms with van der Waals surface area (Å²) in [5.74, 6) is -0.449. The molecule has 1 aliphatic heterocycles. The van der Waals surface area contributed by atoms with Crippen molar-refractivity contribution < 1.29 is 19.4 Å². The molecule has 2 heterocycles. The van der Waals surface area contributed by atoms with Crippen LogP contribution in [-0.4, -0.2) is 51.7 Å². The standard InChI is InChI=1S/C20H22N4O4/c25-12-18-17(24-20(27)14-4-2-1-3-5-14)7-6-16(28-18)10-19(26)22-11-15-8-9-21-13-23-15/h1-9,13,16-18,25H,10-12H2,(H,22,26)(H,24,27)/t16-,17+,18+/m0/s1. The lowest BCUT2D eigenvalue weighted by Crippen LogP contribution is -2.49. The van der Waals surface area contributed by atoms with Crippen LogP contribution in [0, 0.1) is 0 Å². The molecule has 2 aromatic rings. The molecule has 0 bridgehead atoms. The van der Waals surface area contributed by atoms with Crippen molar-refractivity contribution in [1.29, 1.82) is 0 Å². The van der Waals surface area contributed by atoms with Gasteiger partial charge in [0.25, 0.3) is 5.91 Å². The fraction of sp³-hybridized carbons (Fsp3) is 0.300. The van der Waals surface area contributed by atoms with Gasteiger partial charge in [-0.2, -0.15) is 0 Å². The van der Waals surface area contributed by atoms with Gasteiger partial charge in [0.1, 0.15) is 12.4 Å². The van der Waals surface area contributed by atoms with Crippen molar-refractivity contribution in [2.75, 3.05) is 6.61 Å². The number of amides is 2. The Kier molecular flexibility index (Phi) is 6.83. The molecule has 0 radical (unpaired) electrons. The quantitative estimate of drug-likeness (QED) is 0.605. The Bertz CT molecular complexity index is 813. The summed E-state index contributed by atoms with van der Waals surface area (Å²) < 4.78 is 5.77. The van der Waals surface area contributed by atoms with Gasteiger partial charge in [-0.3, -0.25) is 9.59 Å². The highest BCUT2D eigenvalue weighted by atomic mass is 16.5. The summed E-state index contributed by atoms with van der Waals surface area (Å²) in [4.78, 5) is 32.3. The molecule has 2 amide bonds. The minimum atomic E-state index is -0.627. The monoisotopic (exact) mass is 382 g/mol. The van der Waals surface area contributed by atoms with Gasteiger partial charge in [-0.1, -0.05) is 30.4 Å². The molecule has 0 saturated carbocycles. The molecule has 0 saturated heterocycles. The first kappa shape index (κ1) is 19.7. The summed E-state index contributed by atoms with van der Waals surface area (Å²) in [7, 11) is 0. The molecule has 1 aromatic carbocycles. The number of carbonyl (C=O) groups is 2. The smallest absolute Gasteiger partial charge is 0.251 e. The fourth-order valence-electron chi connectivity index (χ4n) is 2.83. The summed E-state index contributed by atoms with van der Waals surface area (Å²) >= 11 is 0. The number of hydrogen-bond acceptors (Lipinski definition) is 6. The Morgan fingerprint density at radius 3 is 2.68 bits per heavy atom. The highest BCUT2D eigenvalue weighted by molar-refractivity contribution is 5.94. The van der Waals surface area contributed by atoms with Gasteiger partial charge >= 0.3 is 0 Å². The zero-order valence-electron chi connectivity index (χ0n) is 15.2. The van der Waals surface area contributed by atoms with E-state index in [1.54, 1.807) is 48.7 Å². The van der Waals surface area contributed by atoms with Crippen LogP contribution in [0.25, 0.3) is 0 Å². The Balaban J connectivity index is 1.52. The van der Waals surface area contributed by atoms with Crippen molar-refractivity contribution >= 4 is 11.8 Å². The third-order valence-corrected chi connectivity index (χ3v) is 4.29. The Hall–Kier alpha value is -3.10. The van der Waals surface area contributed by atoms with Gasteiger partial charge in [-0.15, -0.1) is 0 Å². The number of rotatable bonds is 7. The van der Waals surface area contributed by atoms with Crippen molar-refractivity contribution in [2.45, 2.75) is 31.2 Å². The van der Waals surface area contributed by atoms with E-state index in [0.29, 0.717) is 17.8 Å². The van der Waals surface area contributed by atoms with E-state index < -0.39 is 18.2 Å². The van der Waals surface area contributed by atoms with E-state index in [1.165, 1.54) is 6.33 Å². The molecule has 3 atom stereocenters. The van der Waals surface area contributed by atoms with E-state index in [2.05, 4.69) is 20.6 Å². The molecular formula is C20H22N4O4. The van der Waals surface area contributed by atoms with Crippen molar-refractivity contribution in [3.63, 3.8) is 0 Å². The van der Waals surface area contributed by atoms with E-state index in [-0.39, 0.29) is 24.8 Å². The van der Waals surface area contributed by atoms with Crippen molar-refractivity contribution in [2.24, 2.45) is 0 Å². The number of nitrogens with zero attached hydrogens (tertiary/aromatic N) is 2. The maximum Gasteiger partial charge on any atom is 0.251 e. The molecule has 146 valence electrons. The summed E-state index contributed by atoms with van der Waals surface area (Å²) in [6, 6.07) is 10.1. The number of nitrogens with one attached hydrogen (secondary N) is 2. The van der Waals surface area contributed by atoms with E-state index in [9.17, 15) is 14.7 Å². The van der Waals surface area contributed by atoms with Crippen LogP contribution in [0.5, 0.6) is 0 Å².